The Morgan fingerprint density at radius 3 is 2.44 bits per heavy atom. The molecule has 0 saturated carbocycles. The third kappa shape index (κ3) is 3.54. The third-order valence-electron chi connectivity index (χ3n) is 4.13. The van der Waals surface area contributed by atoms with Gasteiger partial charge in [-0.15, -0.1) is 0 Å². The summed E-state index contributed by atoms with van der Waals surface area (Å²) in [5.41, 5.74) is 1.98. The lowest BCUT2D eigenvalue weighted by Crippen LogP contribution is -2.38. The molecule has 1 amide bonds. The molecule has 0 radical (unpaired) electrons. The average Bonchev–Trinajstić information content (AvgIpc) is 2.71. The molecule has 132 valence electrons. The summed E-state index contributed by atoms with van der Waals surface area (Å²) < 4.78 is 44.2. The molecule has 0 atom stereocenters. The van der Waals surface area contributed by atoms with Crippen LogP contribution in [-0.2, 0) is 22.3 Å². The van der Waals surface area contributed by atoms with E-state index in [1.165, 1.54) is 6.07 Å². The number of alkyl halides is 3. The lowest BCUT2D eigenvalue weighted by molar-refractivity contribution is -0.137. The van der Waals surface area contributed by atoms with Gasteiger partial charge in [0.15, 0.2) is 0 Å². The molecule has 25 heavy (non-hydrogen) atoms. The smallest absolute Gasteiger partial charge is 0.367 e. The Kier molecular flexibility index (Phi) is 4.56. The Morgan fingerprint density at radius 2 is 1.76 bits per heavy atom. The summed E-state index contributed by atoms with van der Waals surface area (Å²) in [5.74, 6) is -0.124. The summed E-state index contributed by atoms with van der Waals surface area (Å²) >= 11 is 0. The van der Waals surface area contributed by atoms with E-state index in [0.29, 0.717) is 11.1 Å². The van der Waals surface area contributed by atoms with Gasteiger partial charge in [-0.3, -0.25) is 4.79 Å². The van der Waals surface area contributed by atoms with Gasteiger partial charge in [-0.2, -0.15) is 13.2 Å². The van der Waals surface area contributed by atoms with E-state index in [2.05, 4.69) is 0 Å². The number of hydrogen-bond acceptors (Lipinski definition) is 2. The number of amides is 1. The summed E-state index contributed by atoms with van der Waals surface area (Å²) in [6.07, 6.45) is -4.38. The zero-order chi connectivity index (χ0) is 18.2. The second-order valence-corrected chi connectivity index (χ2v) is 6.27. The van der Waals surface area contributed by atoms with Crippen molar-refractivity contribution in [2.45, 2.75) is 32.7 Å². The van der Waals surface area contributed by atoms with Gasteiger partial charge in [0, 0.05) is 17.3 Å². The van der Waals surface area contributed by atoms with Crippen molar-refractivity contribution in [3.63, 3.8) is 0 Å². The molecule has 0 unspecified atom stereocenters. The second-order valence-electron chi connectivity index (χ2n) is 6.27. The van der Waals surface area contributed by atoms with Crippen molar-refractivity contribution in [3.8, 4) is 11.1 Å². The molecule has 1 aliphatic heterocycles. The first kappa shape index (κ1) is 17.5. The van der Waals surface area contributed by atoms with E-state index < -0.39 is 11.7 Å². The van der Waals surface area contributed by atoms with Gasteiger partial charge in [0.05, 0.1) is 12.2 Å². The van der Waals surface area contributed by atoms with Crippen molar-refractivity contribution in [3.05, 3.63) is 53.6 Å². The molecule has 0 bridgehead atoms. The van der Waals surface area contributed by atoms with Crippen LogP contribution in [0.5, 0.6) is 0 Å². The van der Waals surface area contributed by atoms with Crippen LogP contribution in [0.15, 0.2) is 42.5 Å². The molecule has 0 fully saturated rings. The molecule has 0 N–H and O–H groups in total. The van der Waals surface area contributed by atoms with Gasteiger partial charge in [0.25, 0.3) is 5.91 Å². The number of halogens is 3. The summed E-state index contributed by atoms with van der Waals surface area (Å²) in [6, 6.07) is 10.5. The number of hydrogen-bond donors (Lipinski definition) is 0. The zero-order valence-electron chi connectivity index (χ0n) is 13.9. The van der Waals surface area contributed by atoms with Gasteiger partial charge < -0.3 is 9.64 Å². The second kappa shape index (κ2) is 6.52. The highest BCUT2D eigenvalue weighted by Crippen LogP contribution is 2.34. The summed E-state index contributed by atoms with van der Waals surface area (Å²) in [4.78, 5) is 13.9. The van der Waals surface area contributed by atoms with Crippen LogP contribution in [0.3, 0.4) is 0 Å². The largest absolute Gasteiger partial charge is 0.416 e. The number of rotatable bonds is 2. The van der Waals surface area contributed by atoms with E-state index in [-0.39, 0.29) is 25.2 Å². The number of fused-ring (bicyclic) bond motifs is 1. The minimum absolute atomic E-state index is 0.00818. The molecule has 0 saturated heterocycles. The number of benzene rings is 2. The fraction of sp³-hybridized carbons (Fsp3) is 0.316. The van der Waals surface area contributed by atoms with Gasteiger partial charge >= 0.3 is 6.18 Å². The molecule has 0 aliphatic carbocycles. The van der Waals surface area contributed by atoms with E-state index in [9.17, 15) is 18.0 Å². The third-order valence-corrected chi connectivity index (χ3v) is 4.13. The van der Waals surface area contributed by atoms with Crippen molar-refractivity contribution in [2.24, 2.45) is 0 Å². The molecule has 3 rings (SSSR count). The maximum Gasteiger partial charge on any atom is 0.416 e. The highest BCUT2D eigenvalue weighted by Gasteiger charge is 2.30. The van der Waals surface area contributed by atoms with Crippen molar-refractivity contribution in [1.29, 1.82) is 0 Å². The first-order valence-corrected chi connectivity index (χ1v) is 7.98. The van der Waals surface area contributed by atoms with Crippen LogP contribution in [0.4, 0.5) is 18.9 Å². The highest BCUT2D eigenvalue weighted by atomic mass is 19.4. The number of ether oxygens (including phenoxy) is 1. The number of anilines is 1. The molecular formula is C19H18F3NO2. The molecular weight excluding hydrogens is 331 g/mol. The maximum atomic E-state index is 12.9. The van der Waals surface area contributed by atoms with Gasteiger partial charge in [0.2, 0.25) is 0 Å². The quantitative estimate of drug-likeness (QED) is 0.790. The lowest BCUT2D eigenvalue weighted by Gasteiger charge is -2.26. The molecule has 2 aromatic carbocycles. The monoisotopic (exact) mass is 349 g/mol. The van der Waals surface area contributed by atoms with Crippen LogP contribution in [0, 0.1) is 0 Å². The van der Waals surface area contributed by atoms with Gasteiger partial charge in [-0.1, -0.05) is 18.2 Å². The van der Waals surface area contributed by atoms with E-state index in [1.54, 1.807) is 29.2 Å². The number of nitrogens with zero attached hydrogens (tertiary/aromatic N) is 1. The van der Waals surface area contributed by atoms with Gasteiger partial charge in [-0.05, 0) is 49.2 Å². The molecule has 6 heteroatoms. The molecule has 2 aromatic rings. The van der Waals surface area contributed by atoms with Crippen LogP contribution in [-0.4, -0.2) is 18.6 Å². The Labute approximate surface area is 144 Å². The first-order valence-electron chi connectivity index (χ1n) is 7.98. The maximum absolute atomic E-state index is 12.9. The van der Waals surface area contributed by atoms with Crippen LogP contribution < -0.4 is 4.90 Å². The summed E-state index contributed by atoms with van der Waals surface area (Å²) in [7, 11) is 0. The molecule has 3 nitrogen and oxygen atoms in total. The normalized spacial score (nSPS) is 15.3. The van der Waals surface area contributed by atoms with Gasteiger partial charge in [-0.25, -0.2) is 0 Å². The fourth-order valence-electron chi connectivity index (χ4n) is 3.01. The van der Waals surface area contributed by atoms with E-state index >= 15 is 0 Å². The molecule has 1 aliphatic rings. The van der Waals surface area contributed by atoms with Crippen LogP contribution in [0.1, 0.15) is 25.0 Å². The molecule has 1 heterocycles. The number of carbonyl (C=O) groups is 1. The van der Waals surface area contributed by atoms with Gasteiger partial charge in [0.1, 0.15) is 6.61 Å². The number of carbonyl (C=O) groups excluding carboxylic acids is 1. The van der Waals surface area contributed by atoms with E-state index in [0.717, 1.165) is 23.4 Å². The van der Waals surface area contributed by atoms with E-state index in [1.807, 2.05) is 13.8 Å². The van der Waals surface area contributed by atoms with Crippen molar-refractivity contribution >= 4 is 11.6 Å². The van der Waals surface area contributed by atoms with Crippen LogP contribution in [0.25, 0.3) is 11.1 Å². The summed E-state index contributed by atoms with van der Waals surface area (Å²) in [6.45, 7) is 4.06. The highest BCUT2D eigenvalue weighted by molar-refractivity contribution is 5.96. The Bertz CT molecular complexity index is 799. The Morgan fingerprint density at radius 1 is 1.04 bits per heavy atom. The Hall–Kier alpha value is -2.34. The SMILES string of the molecule is CC(C)N1C(=O)COCc2cc(-c3cccc(C(F)(F)F)c3)ccc21. The Balaban J connectivity index is 2.04. The topological polar surface area (TPSA) is 29.5 Å². The minimum atomic E-state index is -4.38. The predicted octanol–water partition coefficient (Wildman–Crippen LogP) is 4.64. The summed E-state index contributed by atoms with van der Waals surface area (Å²) in [5, 5.41) is 0. The fourth-order valence-corrected chi connectivity index (χ4v) is 3.01. The lowest BCUT2D eigenvalue weighted by atomic mass is 9.99. The zero-order valence-corrected chi connectivity index (χ0v) is 13.9. The van der Waals surface area contributed by atoms with Crippen LogP contribution in [0.2, 0.25) is 0 Å². The van der Waals surface area contributed by atoms with E-state index in [4.69, 9.17) is 4.74 Å². The minimum Gasteiger partial charge on any atom is -0.367 e. The average molecular weight is 349 g/mol. The molecule has 0 aromatic heterocycles. The first-order chi connectivity index (χ1) is 11.8. The van der Waals surface area contributed by atoms with Crippen LogP contribution >= 0.6 is 0 Å². The van der Waals surface area contributed by atoms with Crippen molar-refractivity contribution in [2.75, 3.05) is 11.5 Å². The van der Waals surface area contributed by atoms with Crippen molar-refractivity contribution in [1.82, 2.24) is 0 Å². The standard InChI is InChI=1S/C19H18F3NO2/c1-12(2)23-17-7-6-14(8-15(17)10-25-11-18(23)24)13-4-3-5-16(9-13)19(20,21)22/h3-9,12H,10-11H2,1-2H3. The van der Waals surface area contributed by atoms with Crippen molar-refractivity contribution < 1.29 is 22.7 Å². The predicted molar refractivity (Wildman–Crippen MR) is 89.2 cm³/mol. The molecule has 0 spiro atoms.